The average Bonchev–Trinajstić information content (AvgIpc) is 3.29. The summed E-state index contributed by atoms with van der Waals surface area (Å²) in [5, 5.41) is 114. The summed E-state index contributed by atoms with van der Waals surface area (Å²) < 4.78 is 0.945. The van der Waals surface area contributed by atoms with E-state index in [1.165, 1.54) is 28.6 Å². The van der Waals surface area contributed by atoms with Crippen molar-refractivity contribution in [2.75, 3.05) is 0 Å². The normalized spacial score (nSPS) is 15.3. The predicted octanol–water partition coefficient (Wildman–Crippen LogP) is 4.44. The van der Waals surface area contributed by atoms with Crippen LogP contribution in [0.4, 0.5) is 0 Å². The van der Waals surface area contributed by atoms with Crippen molar-refractivity contribution in [3.05, 3.63) is 38.0 Å². The fraction of sp³-hybridized carbons (Fsp3) is 0.342. The standard InChI is InChI=1S/C38H43B2NO11/c1-12-13(2)27(43)17(14(3)26(12)42)18-15(4)28(44)24-19(29(18)45)30(46)20-25(41(24)23-16(5)21(39)32(48)36(52)34(23)50)35(51)33(49)22(31(20)47)40-10-37(6,7)38(8,9)11-40/h42-45,47-52H,10-11,39H2,1-9H3. The molecule has 0 radical (unpaired) electrons. The smallest absolute Gasteiger partial charge is 0.205 e. The lowest BCUT2D eigenvalue weighted by Crippen LogP contribution is -2.30. The number of phenols is 10. The van der Waals surface area contributed by atoms with E-state index in [4.69, 9.17) is 0 Å². The first-order chi connectivity index (χ1) is 23.9. The van der Waals surface area contributed by atoms with Gasteiger partial charge in [0.15, 0.2) is 29.7 Å². The van der Waals surface area contributed by atoms with E-state index in [-0.39, 0.29) is 72.3 Å². The second kappa shape index (κ2) is 11.2. The number of pyridine rings is 1. The number of fused-ring (bicyclic) bond motifs is 2. The molecule has 0 spiro atoms. The summed E-state index contributed by atoms with van der Waals surface area (Å²) in [6.45, 7) is 15.1. The molecular formula is C38H43B2NO11. The van der Waals surface area contributed by atoms with Crippen LogP contribution in [-0.2, 0) is 0 Å². The Hall–Kier alpha value is -5.52. The van der Waals surface area contributed by atoms with E-state index in [9.17, 15) is 55.9 Å². The molecule has 1 aliphatic heterocycles. The van der Waals surface area contributed by atoms with Crippen molar-refractivity contribution in [1.82, 2.24) is 4.57 Å². The van der Waals surface area contributed by atoms with Gasteiger partial charge in [-0.2, -0.15) is 0 Å². The van der Waals surface area contributed by atoms with Gasteiger partial charge in [0.2, 0.25) is 11.2 Å². The summed E-state index contributed by atoms with van der Waals surface area (Å²) in [6, 6.07) is 0. The fourth-order valence-electron chi connectivity index (χ4n) is 8.26. The Balaban J connectivity index is 1.94. The van der Waals surface area contributed by atoms with E-state index in [1.807, 2.05) is 27.7 Å². The highest BCUT2D eigenvalue weighted by Gasteiger charge is 2.50. The van der Waals surface area contributed by atoms with Crippen molar-refractivity contribution in [1.29, 1.82) is 0 Å². The lowest BCUT2D eigenvalue weighted by atomic mass is 9.41. The first-order valence-corrected chi connectivity index (χ1v) is 16.9. The van der Waals surface area contributed by atoms with Crippen LogP contribution in [0.1, 0.15) is 55.5 Å². The molecule has 1 aliphatic rings. The van der Waals surface area contributed by atoms with Gasteiger partial charge in [0.05, 0.1) is 16.5 Å². The quantitative estimate of drug-likeness (QED) is 0.0545. The van der Waals surface area contributed by atoms with Gasteiger partial charge in [-0.1, -0.05) is 40.3 Å². The van der Waals surface area contributed by atoms with Crippen molar-refractivity contribution in [3.63, 3.8) is 0 Å². The van der Waals surface area contributed by atoms with Gasteiger partial charge in [-0.15, -0.1) is 0 Å². The first-order valence-electron chi connectivity index (χ1n) is 16.9. The topological polar surface area (TPSA) is 224 Å². The molecule has 4 aromatic carbocycles. The van der Waals surface area contributed by atoms with E-state index < -0.39 is 79.9 Å². The molecule has 0 amide bonds. The third-order valence-corrected chi connectivity index (χ3v) is 12.4. The Kier molecular flexibility index (Phi) is 7.84. The van der Waals surface area contributed by atoms with E-state index in [2.05, 4.69) is 0 Å². The molecule has 14 heteroatoms. The molecule has 12 nitrogen and oxygen atoms in total. The van der Waals surface area contributed by atoms with Gasteiger partial charge in [-0.05, 0) is 67.6 Å². The van der Waals surface area contributed by atoms with Crippen LogP contribution >= 0.6 is 0 Å². The molecule has 0 bridgehead atoms. The summed E-state index contributed by atoms with van der Waals surface area (Å²) in [6.07, 6.45) is 0.923. The zero-order valence-corrected chi connectivity index (χ0v) is 30.8. The number of benzene rings is 4. The van der Waals surface area contributed by atoms with Gasteiger partial charge in [0, 0.05) is 27.7 Å². The summed E-state index contributed by atoms with van der Waals surface area (Å²) in [5.41, 5.74) is -2.66. The van der Waals surface area contributed by atoms with E-state index in [1.54, 1.807) is 13.8 Å². The van der Waals surface area contributed by atoms with Crippen molar-refractivity contribution in [2.24, 2.45) is 10.8 Å². The largest absolute Gasteiger partial charge is 0.508 e. The molecule has 10 N–H and O–H groups in total. The van der Waals surface area contributed by atoms with Crippen molar-refractivity contribution >= 4 is 47.3 Å². The summed E-state index contributed by atoms with van der Waals surface area (Å²) in [4.78, 5) is 14.9. The number of aromatic hydroxyl groups is 10. The van der Waals surface area contributed by atoms with Gasteiger partial charge < -0.3 is 51.1 Å². The SMILES string of the molecule is Bc1c(C)c(-n2c3c(O)c(C)c(-c4c(C)c(O)c(C)c(C)c4O)c(O)c3c(=O)c3c(O)c(B4CC(C)(C)C(C)(C)C4)c(O)c(O)c32)c(O)c(O)c1O. The Morgan fingerprint density at radius 3 is 1.54 bits per heavy atom. The van der Waals surface area contributed by atoms with Crippen LogP contribution in [0.25, 0.3) is 38.6 Å². The monoisotopic (exact) mass is 711 g/mol. The van der Waals surface area contributed by atoms with Crippen molar-refractivity contribution < 1.29 is 51.1 Å². The number of rotatable bonds is 3. The maximum Gasteiger partial charge on any atom is 0.205 e. The molecule has 0 atom stereocenters. The van der Waals surface area contributed by atoms with Crippen LogP contribution in [0, 0.1) is 45.4 Å². The lowest BCUT2D eigenvalue weighted by Gasteiger charge is -2.35. The van der Waals surface area contributed by atoms with Gasteiger partial charge in [-0.25, -0.2) is 0 Å². The lowest BCUT2D eigenvalue weighted by molar-refractivity contribution is 0.177. The van der Waals surface area contributed by atoms with Crippen LogP contribution in [0.5, 0.6) is 57.5 Å². The molecule has 1 fully saturated rings. The molecule has 1 saturated heterocycles. The van der Waals surface area contributed by atoms with Crippen LogP contribution in [0.3, 0.4) is 0 Å². The van der Waals surface area contributed by atoms with Crippen molar-refractivity contribution in [3.8, 4) is 74.3 Å². The minimum atomic E-state index is -1.08. The highest BCUT2D eigenvalue weighted by molar-refractivity contribution is 6.76. The molecule has 0 unspecified atom stereocenters. The number of aromatic nitrogens is 1. The second-order valence-electron chi connectivity index (χ2n) is 15.7. The minimum Gasteiger partial charge on any atom is -0.508 e. The fourth-order valence-corrected chi connectivity index (χ4v) is 8.26. The van der Waals surface area contributed by atoms with E-state index in [0.29, 0.717) is 18.2 Å². The summed E-state index contributed by atoms with van der Waals surface area (Å²) in [5.74, 6) is -6.91. The molecule has 0 saturated carbocycles. The maximum atomic E-state index is 14.9. The average molecular weight is 711 g/mol. The highest BCUT2D eigenvalue weighted by atomic mass is 16.3. The third-order valence-electron chi connectivity index (χ3n) is 12.4. The molecule has 1 aromatic heterocycles. The molecule has 0 aliphatic carbocycles. The van der Waals surface area contributed by atoms with Crippen molar-refractivity contribution in [2.45, 2.75) is 75.0 Å². The molecular weight excluding hydrogens is 668 g/mol. The molecule has 2 heterocycles. The predicted molar refractivity (Wildman–Crippen MR) is 204 cm³/mol. The third kappa shape index (κ3) is 4.45. The van der Waals surface area contributed by atoms with E-state index >= 15 is 0 Å². The summed E-state index contributed by atoms with van der Waals surface area (Å²) in [7, 11) is 1.43. The Morgan fingerprint density at radius 1 is 0.519 bits per heavy atom. The zero-order valence-electron chi connectivity index (χ0n) is 30.8. The highest BCUT2D eigenvalue weighted by Crippen LogP contribution is 2.56. The number of hydrogen-bond donors (Lipinski definition) is 10. The van der Waals surface area contributed by atoms with Crippen LogP contribution < -0.4 is 16.4 Å². The van der Waals surface area contributed by atoms with Crippen LogP contribution in [0.15, 0.2) is 4.79 Å². The minimum absolute atomic E-state index is 0.0634. The molecule has 272 valence electrons. The number of phenolic OH excluding ortho intramolecular Hbond substituents is 10. The molecule has 6 rings (SSSR count). The van der Waals surface area contributed by atoms with E-state index in [0.717, 1.165) is 4.57 Å². The van der Waals surface area contributed by atoms with Gasteiger partial charge in [0.25, 0.3) is 0 Å². The Morgan fingerprint density at radius 2 is 0.981 bits per heavy atom. The second-order valence-corrected chi connectivity index (χ2v) is 15.7. The van der Waals surface area contributed by atoms with Crippen LogP contribution in [-0.4, -0.2) is 70.2 Å². The van der Waals surface area contributed by atoms with Gasteiger partial charge in [-0.3, -0.25) is 9.36 Å². The Bertz CT molecular complexity index is 2440. The van der Waals surface area contributed by atoms with Gasteiger partial charge in [0.1, 0.15) is 47.6 Å². The first kappa shape index (κ1) is 36.3. The summed E-state index contributed by atoms with van der Waals surface area (Å²) >= 11 is 0. The molecule has 52 heavy (non-hydrogen) atoms. The number of hydrogen-bond acceptors (Lipinski definition) is 11. The zero-order chi connectivity index (χ0) is 39.0. The molecule has 5 aromatic rings. The maximum absolute atomic E-state index is 14.9. The van der Waals surface area contributed by atoms with Gasteiger partial charge >= 0.3 is 0 Å². The number of nitrogens with zero attached hydrogens (tertiary/aromatic N) is 1. The Labute approximate surface area is 300 Å². The van der Waals surface area contributed by atoms with Crippen LogP contribution in [0.2, 0.25) is 12.6 Å².